The monoisotopic (exact) mass is 277 g/mol. The molecule has 1 aliphatic rings. The highest BCUT2D eigenvalue weighted by atomic mass is 16.5. The molecule has 1 heterocycles. The lowest BCUT2D eigenvalue weighted by molar-refractivity contribution is -0.145. The summed E-state index contributed by atoms with van der Waals surface area (Å²) in [5, 5.41) is 9.72. The van der Waals surface area contributed by atoms with E-state index in [-0.39, 0.29) is 0 Å². The average molecular weight is 277 g/mol. The number of hydrogen-bond acceptors (Lipinski definition) is 3. The van der Waals surface area contributed by atoms with Crippen molar-refractivity contribution in [2.75, 3.05) is 26.3 Å². The normalized spacial score (nSPS) is 23.2. The summed E-state index contributed by atoms with van der Waals surface area (Å²) in [6, 6.07) is 9.81. The molecule has 0 bridgehead atoms. The zero-order valence-corrected chi connectivity index (χ0v) is 12.2. The Kier molecular flexibility index (Phi) is 4.78. The van der Waals surface area contributed by atoms with E-state index in [9.17, 15) is 9.90 Å². The molecule has 1 aliphatic heterocycles. The lowest BCUT2D eigenvalue weighted by Gasteiger charge is -2.40. The minimum atomic E-state index is -0.883. The van der Waals surface area contributed by atoms with Crippen molar-refractivity contribution in [2.45, 2.75) is 31.7 Å². The number of carboxylic acid groups (broad SMARTS) is 1. The van der Waals surface area contributed by atoms with Crippen LogP contribution in [0, 0.1) is 0 Å². The molecule has 2 rings (SSSR count). The Bertz CT molecular complexity index is 448. The molecule has 0 amide bonds. The molecule has 1 fully saturated rings. The van der Waals surface area contributed by atoms with E-state index in [0.717, 1.165) is 18.5 Å². The molecule has 1 aromatic carbocycles. The Morgan fingerprint density at radius 3 is 2.75 bits per heavy atom. The molecule has 2 atom stereocenters. The lowest BCUT2D eigenvalue weighted by Crippen LogP contribution is -2.52. The first-order valence-electron chi connectivity index (χ1n) is 7.18. The summed E-state index contributed by atoms with van der Waals surface area (Å²) >= 11 is 0. The third-order valence-corrected chi connectivity index (χ3v) is 4.22. The van der Waals surface area contributed by atoms with Gasteiger partial charge in [0, 0.05) is 19.1 Å². The van der Waals surface area contributed by atoms with Crippen LogP contribution in [0.2, 0.25) is 0 Å². The van der Waals surface area contributed by atoms with Gasteiger partial charge in [-0.2, -0.15) is 0 Å². The summed E-state index contributed by atoms with van der Waals surface area (Å²) in [6.45, 7) is 6.63. The summed E-state index contributed by atoms with van der Waals surface area (Å²) in [5.74, 6) is -0.773. The minimum absolute atomic E-state index is 0.311. The third kappa shape index (κ3) is 3.02. The SMILES string of the molecule is CCC1COCCN1CC(C)(C(=O)O)c1ccccc1. The Balaban J connectivity index is 2.23. The van der Waals surface area contributed by atoms with Crippen LogP contribution in [0.3, 0.4) is 0 Å². The van der Waals surface area contributed by atoms with Crippen LogP contribution in [-0.2, 0) is 14.9 Å². The molecule has 1 saturated heterocycles. The van der Waals surface area contributed by atoms with E-state index in [0.29, 0.717) is 25.8 Å². The first-order chi connectivity index (χ1) is 9.58. The van der Waals surface area contributed by atoms with Crippen molar-refractivity contribution in [3.63, 3.8) is 0 Å². The molecule has 0 spiro atoms. The van der Waals surface area contributed by atoms with Crippen LogP contribution in [0.1, 0.15) is 25.8 Å². The molecular weight excluding hydrogens is 254 g/mol. The summed E-state index contributed by atoms with van der Waals surface area (Å²) in [7, 11) is 0. The van der Waals surface area contributed by atoms with Crippen LogP contribution in [-0.4, -0.2) is 48.3 Å². The van der Waals surface area contributed by atoms with Gasteiger partial charge >= 0.3 is 5.97 Å². The second kappa shape index (κ2) is 6.37. The van der Waals surface area contributed by atoms with Gasteiger partial charge in [0.25, 0.3) is 0 Å². The van der Waals surface area contributed by atoms with Gasteiger partial charge < -0.3 is 9.84 Å². The minimum Gasteiger partial charge on any atom is -0.481 e. The Morgan fingerprint density at radius 1 is 1.45 bits per heavy atom. The summed E-state index contributed by atoms with van der Waals surface area (Å²) in [5.41, 5.74) is -0.0275. The van der Waals surface area contributed by atoms with Crippen molar-refractivity contribution in [1.29, 1.82) is 0 Å². The van der Waals surface area contributed by atoms with Gasteiger partial charge in [0.2, 0.25) is 0 Å². The fourth-order valence-corrected chi connectivity index (χ4v) is 2.77. The topological polar surface area (TPSA) is 49.8 Å². The largest absolute Gasteiger partial charge is 0.481 e. The molecule has 4 nitrogen and oxygen atoms in total. The van der Waals surface area contributed by atoms with Crippen molar-refractivity contribution >= 4 is 5.97 Å². The zero-order chi connectivity index (χ0) is 14.6. The fraction of sp³-hybridized carbons (Fsp3) is 0.562. The van der Waals surface area contributed by atoms with E-state index in [1.165, 1.54) is 0 Å². The van der Waals surface area contributed by atoms with Crippen LogP contribution >= 0.6 is 0 Å². The van der Waals surface area contributed by atoms with E-state index < -0.39 is 11.4 Å². The number of hydrogen-bond donors (Lipinski definition) is 1. The highest BCUT2D eigenvalue weighted by Gasteiger charge is 2.39. The Labute approximate surface area is 120 Å². The number of nitrogens with zero attached hydrogens (tertiary/aromatic N) is 1. The number of morpholine rings is 1. The fourth-order valence-electron chi connectivity index (χ4n) is 2.77. The summed E-state index contributed by atoms with van der Waals surface area (Å²) in [6.07, 6.45) is 0.977. The quantitative estimate of drug-likeness (QED) is 0.896. The predicted octanol–water partition coefficient (Wildman–Crippen LogP) is 2.14. The van der Waals surface area contributed by atoms with E-state index in [1.54, 1.807) is 0 Å². The number of aliphatic carboxylic acids is 1. The molecule has 20 heavy (non-hydrogen) atoms. The average Bonchev–Trinajstić information content (AvgIpc) is 2.48. The van der Waals surface area contributed by atoms with Crippen molar-refractivity contribution in [1.82, 2.24) is 4.90 Å². The van der Waals surface area contributed by atoms with Gasteiger partial charge in [-0.15, -0.1) is 0 Å². The smallest absolute Gasteiger partial charge is 0.315 e. The number of benzene rings is 1. The Morgan fingerprint density at radius 2 is 2.15 bits per heavy atom. The van der Waals surface area contributed by atoms with Gasteiger partial charge in [-0.1, -0.05) is 37.3 Å². The highest BCUT2D eigenvalue weighted by Crippen LogP contribution is 2.27. The number of carbonyl (C=O) groups is 1. The number of ether oxygens (including phenoxy) is 1. The van der Waals surface area contributed by atoms with Crippen LogP contribution in [0.4, 0.5) is 0 Å². The standard InChI is InChI=1S/C16H23NO3/c1-3-14-11-20-10-9-17(14)12-16(2,15(18)19)13-7-5-4-6-8-13/h4-8,14H,3,9-12H2,1-2H3,(H,18,19). The molecular formula is C16H23NO3. The van der Waals surface area contributed by atoms with Gasteiger partial charge in [0.15, 0.2) is 0 Å². The summed E-state index contributed by atoms with van der Waals surface area (Å²) in [4.78, 5) is 14.1. The maximum Gasteiger partial charge on any atom is 0.315 e. The zero-order valence-electron chi connectivity index (χ0n) is 12.2. The molecule has 0 radical (unpaired) electrons. The van der Waals surface area contributed by atoms with E-state index >= 15 is 0 Å². The molecule has 0 aliphatic carbocycles. The van der Waals surface area contributed by atoms with Crippen molar-refractivity contribution in [3.05, 3.63) is 35.9 Å². The van der Waals surface area contributed by atoms with Crippen molar-refractivity contribution < 1.29 is 14.6 Å². The maximum absolute atomic E-state index is 11.8. The van der Waals surface area contributed by atoms with Crippen LogP contribution in [0.5, 0.6) is 0 Å². The number of carboxylic acids is 1. The van der Waals surface area contributed by atoms with Crippen molar-refractivity contribution in [3.8, 4) is 0 Å². The first kappa shape index (κ1) is 15.0. The Hall–Kier alpha value is -1.39. The van der Waals surface area contributed by atoms with E-state index in [2.05, 4.69) is 11.8 Å². The molecule has 1 N–H and O–H groups in total. The third-order valence-electron chi connectivity index (χ3n) is 4.22. The maximum atomic E-state index is 11.8. The predicted molar refractivity (Wildman–Crippen MR) is 77.9 cm³/mol. The molecule has 4 heteroatoms. The molecule has 2 unspecified atom stereocenters. The molecule has 0 aromatic heterocycles. The van der Waals surface area contributed by atoms with E-state index in [4.69, 9.17) is 4.74 Å². The first-order valence-corrected chi connectivity index (χ1v) is 7.18. The van der Waals surface area contributed by atoms with Crippen LogP contribution in [0.15, 0.2) is 30.3 Å². The second-order valence-electron chi connectivity index (χ2n) is 5.61. The van der Waals surface area contributed by atoms with Gasteiger partial charge in [-0.3, -0.25) is 9.69 Å². The molecule has 0 saturated carbocycles. The van der Waals surface area contributed by atoms with E-state index in [1.807, 2.05) is 37.3 Å². The molecule has 1 aromatic rings. The summed E-state index contributed by atoms with van der Waals surface area (Å²) < 4.78 is 5.49. The van der Waals surface area contributed by atoms with Gasteiger partial charge in [-0.25, -0.2) is 0 Å². The number of rotatable bonds is 5. The lowest BCUT2D eigenvalue weighted by atomic mass is 9.81. The highest BCUT2D eigenvalue weighted by molar-refractivity contribution is 5.81. The van der Waals surface area contributed by atoms with Gasteiger partial charge in [0.1, 0.15) is 5.41 Å². The van der Waals surface area contributed by atoms with Crippen LogP contribution < -0.4 is 0 Å². The second-order valence-corrected chi connectivity index (χ2v) is 5.61. The van der Waals surface area contributed by atoms with Crippen molar-refractivity contribution in [2.24, 2.45) is 0 Å². The van der Waals surface area contributed by atoms with Gasteiger partial charge in [0.05, 0.1) is 13.2 Å². The van der Waals surface area contributed by atoms with Crippen LogP contribution in [0.25, 0.3) is 0 Å². The molecule has 110 valence electrons. The van der Waals surface area contributed by atoms with Gasteiger partial charge in [-0.05, 0) is 18.9 Å².